The Morgan fingerprint density at radius 3 is 2.09 bits per heavy atom. The van der Waals surface area contributed by atoms with Crippen molar-refractivity contribution in [2.24, 2.45) is 0 Å². The Morgan fingerprint density at radius 1 is 1.18 bits per heavy atom. The molecule has 0 saturated heterocycles. The topological polar surface area (TPSA) is 20.2 Å². The van der Waals surface area contributed by atoms with Gasteiger partial charge in [-0.15, -0.1) is 0 Å². The average Bonchev–Trinajstić information content (AvgIpc) is 1.88. The zero-order chi connectivity index (χ0) is 7.56. The lowest BCUT2D eigenvalue weighted by Crippen LogP contribution is -1.85. The van der Waals surface area contributed by atoms with E-state index in [0.29, 0.717) is 11.7 Å². The van der Waals surface area contributed by atoms with Gasteiger partial charge in [0.1, 0.15) is 5.75 Å². The van der Waals surface area contributed by atoms with Crippen molar-refractivity contribution in [3.05, 3.63) is 29.8 Å². The second-order valence-electron chi connectivity index (χ2n) is 2.71. The van der Waals surface area contributed by atoms with Gasteiger partial charge in [0.2, 0.25) is 0 Å². The summed E-state index contributed by atoms with van der Waals surface area (Å²) in [5, 5.41) is 9.28. The molecule has 1 aromatic rings. The highest BCUT2D eigenvalue weighted by molar-refractivity contribution is 5.75. The smallest absolute Gasteiger partial charge is 0.187 e. The first-order valence-electron chi connectivity index (χ1n) is 3.49. The fourth-order valence-electron chi connectivity index (χ4n) is 0.976. The standard InChI is InChI=1S/C9H12O.Al.3H/c1-7(2)8-5-3-4-6-9(8)10;;;;/h3-7,10H,1-2H3;;;;. The Bertz CT molecular complexity index is 221. The molecular formula is C9H15AlO. The van der Waals surface area contributed by atoms with Gasteiger partial charge in [-0.2, -0.15) is 0 Å². The summed E-state index contributed by atoms with van der Waals surface area (Å²) in [6, 6.07) is 7.44. The van der Waals surface area contributed by atoms with Crippen LogP contribution >= 0.6 is 0 Å². The maximum Gasteiger partial charge on any atom is 0.187 e. The molecule has 1 aromatic carbocycles. The average molecular weight is 166 g/mol. The molecule has 1 nitrogen and oxygen atoms in total. The number of rotatable bonds is 1. The third-order valence-corrected chi connectivity index (χ3v) is 1.56. The molecule has 0 spiro atoms. The van der Waals surface area contributed by atoms with Crippen molar-refractivity contribution in [3.63, 3.8) is 0 Å². The zero-order valence-corrected chi connectivity index (χ0v) is 6.33. The van der Waals surface area contributed by atoms with E-state index in [1.54, 1.807) is 6.07 Å². The maximum atomic E-state index is 9.28. The molecule has 0 fully saturated rings. The minimum atomic E-state index is 0. The van der Waals surface area contributed by atoms with E-state index in [0.717, 1.165) is 5.56 Å². The molecule has 1 rings (SSSR count). The first-order chi connectivity index (χ1) is 4.72. The Kier molecular flexibility index (Phi) is 4.25. The number of para-hydroxylation sites is 1. The van der Waals surface area contributed by atoms with Gasteiger partial charge in [-0.25, -0.2) is 0 Å². The van der Waals surface area contributed by atoms with Gasteiger partial charge in [0.15, 0.2) is 17.4 Å². The van der Waals surface area contributed by atoms with Crippen LogP contribution in [0, 0.1) is 0 Å². The van der Waals surface area contributed by atoms with E-state index in [4.69, 9.17) is 0 Å². The SMILES string of the molecule is CC(C)c1ccccc1O.[AlH3]. The lowest BCUT2D eigenvalue weighted by atomic mass is 10.0. The molecule has 0 saturated carbocycles. The first kappa shape index (κ1) is 10.6. The van der Waals surface area contributed by atoms with Gasteiger partial charge >= 0.3 is 0 Å². The van der Waals surface area contributed by atoms with Crippen LogP contribution in [0.3, 0.4) is 0 Å². The summed E-state index contributed by atoms with van der Waals surface area (Å²) < 4.78 is 0. The van der Waals surface area contributed by atoms with Crippen LogP contribution in [0.5, 0.6) is 5.75 Å². The lowest BCUT2D eigenvalue weighted by molar-refractivity contribution is 0.465. The highest BCUT2D eigenvalue weighted by Crippen LogP contribution is 2.23. The molecule has 0 radical (unpaired) electrons. The van der Waals surface area contributed by atoms with Crippen molar-refractivity contribution in [3.8, 4) is 5.75 Å². The molecule has 0 unspecified atom stereocenters. The number of hydrogen-bond donors (Lipinski definition) is 1. The van der Waals surface area contributed by atoms with Crippen LogP contribution in [0.1, 0.15) is 25.3 Å². The van der Waals surface area contributed by atoms with Gasteiger partial charge in [0.25, 0.3) is 0 Å². The fourth-order valence-corrected chi connectivity index (χ4v) is 0.976. The minimum Gasteiger partial charge on any atom is -0.508 e. The van der Waals surface area contributed by atoms with Gasteiger partial charge in [0.05, 0.1) is 0 Å². The molecule has 0 aliphatic heterocycles. The number of phenols is 1. The summed E-state index contributed by atoms with van der Waals surface area (Å²) in [6.45, 7) is 4.13. The number of phenolic OH excluding ortho intramolecular Hbond substituents is 1. The van der Waals surface area contributed by atoms with E-state index < -0.39 is 0 Å². The molecule has 11 heavy (non-hydrogen) atoms. The summed E-state index contributed by atoms with van der Waals surface area (Å²) in [6.07, 6.45) is 0. The summed E-state index contributed by atoms with van der Waals surface area (Å²) in [5.74, 6) is 0.804. The molecule has 0 amide bonds. The van der Waals surface area contributed by atoms with E-state index in [1.807, 2.05) is 18.2 Å². The predicted octanol–water partition coefficient (Wildman–Crippen LogP) is 1.33. The second-order valence-corrected chi connectivity index (χ2v) is 2.71. The summed E-state index contributed by atoms with van der Waals surface area (Å²) in [4.78, 5) is 0. The number of benzene rings is 1. The Balaban J connectivity index is 0.000001000. The van der Waals surface area contributed by atoms with E-state index in [9.17, 15) is 5.11 Å². The van der Waals surface area contributed by atoms with Crippen LogP contribution in [-0.4, -0.2) is 22.5 Å². The van der Waals surface area contributed by atoms with Crippen molar-refractivity contribution < 1.29 is 5.11 Å². The van der Waals surface area contributed by atoms with E-state index in [1.165, 1.54) is 0 Å². The second kappa shape index (κ2) is 4.43. The summed E-state index contributed by atoms with van der Waals surface area (Å²) in [5.41, 5.74) is 1.02. The number of aromatic hydroxyl groups is 1. The molecule has 0 aliphatic rings. The van der Waals surface area contributed by atoms with Gasteiger partial charge < -0.3 is 5.11 Å². The Hall–Kier alpha value is -0.448. The van der Waals surface area contributed by atoms with Crippen LogP contribution in [0.15, 0.2) is 24.3 Å². The van der Waals surface area contributed by atoms with Crippen LogP contribution in [0.4, 0.5) is 0 Å². The lowest BCUT2D eigenvalue weighted by Gasteiger charge is -2.05. The normalized spacial score (nSPS) is 9.36. The van der Waals surface area contributed by atoms with E-state index in [-0.39, 0.29) is 17.4 Å². The highest BCUT2D eigenvalue weighted by atomic mass is 27.0. The van der Waals surface area contributed by atoms with Crippen molar-refractivity contribution >= 4 is 17.4 Å². The van der Waals surface area contributed by atoms with E-state index >= 15 is 0 Å². The third kappa shape index (κ3) is 2.57. The van der Waals surface area contributed by atoms with Crippen molar-refractivity contribution in [2.75, 3.05) is 0 Å². The van der Waals surface area contributed by atoms with Crippen LogP contribution in [0.25, 0.3) is 0 Å². The maximum absolute atomic E-state index is 9.28. The first-order valence-corrected chi connectivity index (χ1v) is 3.49. The number of hydrogen-bond acceptors (Lipinski definition) is 1. The van der Waals surface area contributed by atoms with Gasteiger partial charge in [-0.3, -0.25) is 0 Å². The van der Waals surface area contributed by atoms with Crippen LogP contribution < -0.4 is 0 Å². The fraction of sp³-hybridized carbons (Fsp3) is 0.333. The molecule has 0 bridgehead atoms. The molecule has 2 heteroatoms. The molecule has 60 valence electrons. The minimum absolute atomic E-state index is 0. The largest absolute Gasteiger partial charge is 0.508 e. The predicted molar refractivity (Wildman–Crippen MR) is 52.1 cm³/mol. The highest BCUT2D eigenvalue weighted by Gasteiger charge is 2.01. The molecule has 0 atom stereocenters. The quantitative estimate of drug-likeness (QED) is 0.624. The van der Waals surface area contributed by atoms with E-state index in [2.05, 4.69) is 13.8 Å². The molecule has 0 aliphatic carbocycles. The summed E-state index contributed by atoms with van der Waals surface area (Å²) in [7, 11) is 0. The Morgan fingerprint density at radius 2 is 1.73 bits per heavy atom. The van der Waals surface area contributed by atoms with Crippen LogP contribution in [0.2, 0.25) is 0 Å². The monoisotopic (exact) mass is 166 g/mol. The molecule has 1 N–H and O–H groups in total. The molecule has 0 aromatic heterocycles. The third-order valence-electron chi connectivity index (χ3n) is 1.56. The van der Waals surface area contributed by atoms with Crippen LogP contribution in [-0.2, 0) is 0 Å². The van der Waals surface area contributed by atoms with Gasteiger partial charge in [0, 0.05) is 0 Å². The van der Waals surface area contributed by atoms with Crippen molar-refractivity contribution in [1.29, 1.82) is 0 Å². The van der Waals surface area contributed by atoms with Gasteiger partial charge in [-0.05, 0) is 17.5 Å². The molecular weight excluding hydrogens is 151 g/mol. The summed E-state index contributed by atoms with van der Waals surface area (Å²) >= 11 is 0. The zero-order valence-electron chi connectivity index (χ0n) is 6.33. The Labute approximate surface area is 78.2 Å². The molecule has 0 heterocycles. The van der Waals surface area contributed by atoms with Crippen molar-refractivity contribution in [2.45, 2.75) is 19.8 Å². The van der Waals surface area contributed by atoms with Gasteiger partial charge in [-0.1, -0.05) is 32.0 Å². The van der Waals surface area contributed by atoms with Crippen molar-refractivity contribution in [1.82, 2.24) is 0 Å².